The molecule has 43 heavy (non-hydrogen) atoms. The second-order valence-corrected chi connectivity index (χ2v) is 12.3. The zero-order chi connectivity index (χ0) is 28.6. The standard InChI is InChI=1S/C40H38N2O/c1-2-10-31(11-3-1)43-32-24-20-29(21-25-32)28-18-22-30(23-19-28)41-37-26-27-40(34-13-5-4-12-33(34)37)42-38-16-8-6-14-35(38)36-15-7-9-17-39(36)42/h1-3,6-11,14-19,22-23,26-27,29,32,41H,4-5,12-13,20-21,24-25H2. The summed E-state index contributed by atoms with van der Waals surface area (Å²) in [7, 11) is 0. The number of fused-ring (bicyclic) bond motifs is 4. The van der Waals surface area contributed by atoms with Crippen molar-refractivity contribution in [3.05, 3.63) is 132 Å². The first-order valence-electron chi connectivity index (χ1n) is 16.0. The fourth-order valence-electron chi connectivity index (χ4n) is 7.56. The molecule has 1 aromatic heterocycles. The highest BCUT2D eigenvalue weighted by molar-refractivity contribution is 6.09. The molecule has 8 rings (SSSR count). The second-order valence-electron chi connectivity index (χ2n) is 12.3. The Hall–Kier alpha value is -4.50. The molecule has 0 bridgehead atoms. The van der Waals surface area contributed by atoms with Gasteiger partial charge in [0.2, 0.25) is 0 Å². The normalized spacial score (nSPS) is 18.4. The van der Waals surface area contributed by atoms with Gasteiger partial charge in [-0.3, -0.25) is 0 Å². The van der Waals surface area contributed by atoms with Crippen LogP contribution in [0.1, 0.15) is 61.1 Å². The molecule has 3 nitrogen and oxygen atoms in total. The summed E-state index contributed by atoms with van der Waals surface area (Å²) in [5.41, 5.74) is 10.8. The SMILES string of the molecule is c1ccc(OC2CCC(c3ccc(Nc4ccc(-n5c6ccccc6c6ccccc65)c5c4CCCC5)cc3)CC2)cc1. The Morgan fingerprint density at radius 3 is 1.91 bits per heavy atom. The lowest BCUT2D eigenvalue weighted by atomic mass is 9.82. The quantitative estimate of drug-likeness (QED) is 0.218. The number of nitrogens with one attached hydrogen (secondary N) is 1. The lowest BCUT2D eigenvalue weighted by molar-refractivity contribution is 0.146. The van der Waals surface area contributed by atoms with Gasteiger partial charge >= 0.3 is 0 Å². The van der Waals surface area contributed by atoms with Crippen molar-refractivity contribution in [1.29, 1.82) is 0 Å². The van der Waals surface area contributed by atoms with Crippen LogP contribution in [-0.4, -0.2) is 10.7 Å². The Morgan fingerprint density at radius 2 is 1.21 bits per heavy atom. The van der Waals surface area contributed by atoms with Gasteiger partial charge in [-0.05, 0) is 123 Å². The third-order valence-electron chi connectivity index (χ3n) is 9.71. The molecule has 1 saturated carbocycles. The van der Waals surface area contributed by atoms with E-state index in [0.717, 1.165) is 31.4 Å². The van der Waals surface area contributed by atoms with Crippen molar-refractivity contribution in [3.8, 4) is 11.4 Å². The summed E-state index contributed by atoms with van der Waals surface area (Å²) in [5, 5.41) is 6.46. The topological polar surface area (TPSA) is 26.2 Å². The number of hydrogen-bond acceptors (Lipinski definition) is 2. The van der Waals surface area contributed by atoms with E-state index in [1.165, 1.54) is 81.2 Å². The fourth-order valence-corrected chi connectivity index (χ4v) is 7.56. The highest BCUT2D eigenvalue weighted by Gasteiger charge is 2.24. The Kier molecular flexibility index (Phi) is 6.87. The third kappa shape index (κ3) is 4.97. The highest BCUT2D eigenvalue weighted by atomic mass is 16.5. The van der Waals surface area contributed by atoms with Crippen molar-refractivity contribution in [2.75, 3.05) is 5.32 Å². The monoisotopic (exact) mass is 562 g/mol. The molecule has 0 atom stereocenters. The van der Waals surface area contributed by atoms with E-state index in [1.807, 2.05) is 18.2 Å². The van der Waals surface area contributed by atoms with Gasteiger partial charge in [0, 0.05) is 27.8 Å². The Labute approximate surface area is 254 Å². The Balaban J connectivity index is 1.03. The van der Waals surface area contributed by atoms with Crippen LogP contribution in [0.25, 0.3) is 27.5 Å². The van der Waals surface area contributed by atoms with Crippen molar-refractivity contribution in [1.82, 2.24) is 4.57 Å². The minimum atomic E-state index is 0.330. The van der Waals surface area contributed by atoms with Gasteiger partial charge in [-0.25, -0.2) is 0 Å². The average Bonchev–Trinajstić information content (AvgIpc) is 3.40. The molecule has 0 spiro atoms. The minimum Gasteiger partial charge on any atom is -0.490 e. The molecule has 6 aromatic rings. The Bertz CT molecular complexity index is 1820. The maximum Gasteiger partial charge on any atom is 0.119 e. The van der Waals surface area contributed by atoms with E-state index in [1.54, 1.807) is 0 Å². The van der Waals surface area contributed by atoms with Crippen molar-refractivity contribution >= 4 is 33.2 Å². The van der Waals surface area contributed by atoms with Gasteiger partial charge in [-0.15, -0.1) is 0 Å². The van der Waals surface area contributed by atoms with E-state index in [9.17, 15) is 0 Å². The van der Waals surface area contributed by atoms with E-state index in [4.69, 9.17) is 4.74 Å². The van der Waals surface area contributed by atoms with Crippen LogP contribution >= 0.6 is 0 Å². The number of aromatic nitrogens is 1. The molecule has 2 aliphatic carbocycles. The summed E-state index contributed by atoms with van der Waals surface area (Å²) in [6.45, 7) is 0. The number of hydrogen-bond donors (Lipinski definition) is 1. The number of nitrogens with zero attached hydrogens (tertiary/aromatic N) is 1. The molecule has 1 heterocycles. The van der Waals surface area contributed by atoms with Crippen LogP contribution < -0.4 is 10.1 Å². The van der Waals surface area contributed by atoms with Crippen LogP contribution in [0.2, 0.25) is 0 Å². The summed E-state index contributed by atoms with van der Waals surface area (Å²) in [4.78, 5) is 0. The number of benzene rings is 5. The molecule has 0 amide bonds. The van der Waals surface area contributed by atoms with E-state index in [0.29, 0.717) is 12.0 Å². The zero-order valence-corrected chi connectivity index (χ0v) is 24.6. The van der Waals surface area contributed by atoms with E-state index in [2.05, 4.69) is 107 Å². The molecule has 0 unspecified atom stereocenters. The molecule has 5 aromatic carbocycles. The van der Waals surface area contributed by atoms with Crippen LogP contribution in [0.4, 0.5) is 11.4 Å². The minimum absolute atomic E-state index is 0.330. The van der Waals surface area contributed by atoms with Crippen LogP contribution in [-0.2, 0) is 12.8 Å². The number of anilines is 2. The first-order chi connectivity index (χ1) is 21.3. The number of para-hydroxylation sites is 3. The molecular formula is C40H38N2O. The molecule has 0 saturated heterocycles. The molecule has 0 aliphatic heterocycles. The predicted octanol–water partition coefficient (Wildman–Crippen LogP) is 10.5. The molecular weight excluding hydrogens is 524 g/mol. The van der Waals surface area contributed by atoms with Crippen LogP contribution in [0.15, 0.2) is 115 Å². The maximum absolute atomic E-state index is 6.23. The number of ether oxygens (including phenoxy) is 1. The summed E-state index contributed by atoms with van der Waals surface area (Å²) >= 11 is 0. The van der Waals surface area contributed by atoms with E-state index in [-0.39, 0.29) is 0 Å². The van der Waals surface area contributed by atoms with Gasteiger partial charge in [-0.2, -0.15) is 0 Å². The number of rotatable bonds is 6. The van der Waals surface area contributed by atoms with Gasteiger partial charge in [0.1, 0.15) is 5.75 Å². The van der Waals surface area contributed by atoms with Gasteiger partial charge in [0.05, 0.1) is 17.1 Å². The molecule has 2 aliphatic rings. The summed E-state index contributed by atoms with van der Waals surface area (Å²) < 4.78 is 8.73. The molecule has 1 N–H and O–H groups in total. The average molecular weight is 563 g/mol. The van der Waals surface area contributed by atoms with Gasteiger partial charge in [0.15, 0.2) is 0 Å². The van der Waals surface area contributed by atoms with E-state index >= 15 is 0 Å². The maximum atomic E-state index is 6.23. The largest absolute Gasteiger partial charge is 0.490 e. The highest BCUT2D eigenvalue weighted by Crippen LogP contribution is 2.39. The molecule has 3 heteroatoms. The molecule has 0 radical (unpaired) electrons. The van der Waals surface area contributed by atoms with Gasteiger partial charge in [-0.1, -0.05) is 66.7 Å². The first kappa shape index (κ1) is 26.2. The summed E-state index contributed by atoms with van der Waals surface area (Å²) in [6.07, 6.45) is 9.65. The van der Waals surface area contributed by atoms with Crippen molar-refractivity contribution < 1.29 is 4.74 Å². The smallest absolute Gasteiger partial charge is 0.119 e. The first-order valence-corrected chi connectivity index (χ1v) is 16.0. The van der Waals surface area contributed by atoms with E-state index < -0.39 is 0 Å². The fraction of sp³-hybridized carbons (Fsp3) is 0.250. The van der Waals surface area contributed by atoms with Crippen LogP contribution in [0.3, 0.4) is 0 Å². The van der Waals surface area contributed by atoms with Crippen molar-refractivity contribution in [3.63, 3.8) is 0 Å². The van der Waals surface area contributed by atoms with Crippen molar-refractivity contribution in [2.45, 2.75) is 63.4 Å². The Morgan fingerprint density at radius 1 is 0.581 bits per heavy atom. The zero-order valence-electron chi connectivity index (χ0n) is 24.6. The lowest BCUT2D eigenvalue weighted by Gasteiger charge is -2.29. The second kappa shape index (κ2) is 11.3. The summed E-state index contributed by atoms with van der Waals surface area (Å²) in [5.74, 6) is 1.61. The lowest BCUT2D eigenvalue weighted by Crippen LogP contribution is -2.23. The third-order valence-corrected chi connectivity index (χ3v) is 9.71. The van der Waals surface area contributed by atoms with Crippen LogP contribution in [0.5, 0.6) is 5.75 Å². The molecule has 1 fully saturated rings. The summed E-state index contributed by atoms with van der Waals surface area (Å²) in [6, 6.07) is 41.8. The van der Waals surface area contributed by atoms with Crippen LogP contribution in [0, 0.1) is 0 Å². The van der Waals surface area contributed by atoms with Gasteiger partial charge in [0.25, 0.3) is 0 Å². The molecule has 214 valence electrons. The van der Waals surface area contributed by atoms with Gasteiger partial charge < -0.3 is 14.6 Å². The van der Waals surface area contributed by atoms with Crippen molar-refractivity contribution in [2.24, 2.45) is 0 Å². The predicted molar refractivity (Wildman–Crippen MR) is 179 cm³/mol.